The van der Waals surface area contributed by atoms with Crippen LogP contribution in [-0.2, 0) is 25.7 Å². The summed E-state index contributed by atoms with van der Waals surface area (Å²) < 4.78 is 4.97. The first-order chi connectivity index (χ1) is 29.7. The van der Waals surface area contributed by atoms with Crippen molar-refractivity contribution in [1.29, 1.82) is 0 Å². The summed E-state index contributed by atoms with van der Waals surface area (Å²) in [7, 11) is 0. The normalized spacial score (nSPS) is 19.6. The number of hydrogen-bond acceptors (Lipinski definition) is 3. The first-order valence-electron chi connectivity index (χ1n) is 21.7. The molecule has 5 aliphatic carbocycles. The Kier molecular flexibility index (Phi) is 7.51. The van der Waals surface area contributed by atoms with Crippen molar-refractivity contribution in [2.45, 2.75) is 51.1 Å². The number of amidine groups is 1. The van der Waals surface area contributed by atoms with Gasteiger partial charge >= 0.3 is 0 Å². The molecule has 5 heteroatoms. The second-order valence-corrected chi connectivity index (χ2v) is 17.1. The molecule has 1 aliphatic heterocycles. The van der Waals surface area contributed by atoms with E-state index >= 15 is 0 Å². The summed E-state index contributed by atoms with van der Waals surface area (Å²) in [5, 5.41) is 10.00. The number of allylic oxidation sites excluding steroid dienone is 8. The number of hydrogen-bond donors (Lipinski definition) is 1. The molecule has 60 heavy (non-hydrogen) atoms. The van der Waals surface area contributed by atoms with Gasteiger partial charge in [0.25, 0.3) is 0 Å². The van der Waals surface area contributed by atoms with Gasteiger partial charge in [-0.2, -0.15) is 4.99 Å². The van der Waals surface area contributed by atoms with Gasteiger partial charge in [-0.3, -0.25) is 4.57 Å². The highest BCUT2D eigenvalue weighted by molar-refractivity contribution is 6.13. The van der Waals surface area contributed by atoms with Gasteiger partial charge in [0.2, 0.25) is 5.96 Å². The molecule has 13 rings (SSSR count). The lowest BCUT2D eigenvalue weighted by Gasteiger charge is -2.26. The fraction of sp³-hybridized carbons (Fsp3) is 0.164. The molecule has 5 aromatic carbocycles. The van der Waals surface area contributed by atoms with E-state index in [1.54, 1.807) is 0 Å². The molecule has 1 N–H and O–H groups in total. The maximum atomic E-state index is 5.42. The molecule has 0 saturated heterocycles. The fourth-order valence-electron chi connectivity index (χ4n) is 10.7. The number of benzene rings is 5. The van der Waals surface area contributed by atoms with E-state index < -0.39 is 0 Å². The summed E-state index contributed by atoms with van der Waals surface area (Å²) in [6.07, 6.45) is 32.4. The van der Waals surface area contributed by atoms with Crippen molar-refractivity contribution >= 4 is 68.5 Å². The Morgan fingerprint density at radius 3 is 2.50 bits per heavy atom. The molecule has 0 fully saturated rings. The monoisotopic (exact) mass is 773 g/mol. The predicted molar refractivity (Wildman–Crippen MR) is 250 cm³/mol. The number of fused-ring (bicyclic) bond motifs is 10. The number of rotatable bonds is 3. The van der Waals surface area contributed by atoms with Gasteiger partial charge in [0, 0.05) is 45.2 Å². The minimum Gasteiger partial charge on any atom is -0.330 e. The van der Waals surface area contributed by atoms with Crippen LogP contribution in [0.1, 0.15) is 81.5 Å². The van der Waals surface area contributed by atoms with Crippen LogP contribution in [0.3, 0.4) is 0 Å². The van der Waals surface area contributed by atoms with Gasteiger partial charge in [0.15, 0.2) is 5.84 Å². The first-order valence-corrected chi connectivity index (χ1v) is 21.7. The van der Waals surface area contributed by atoms with Crippen LogP contribution in [0.25, 0.3) is 62.4 Å². The number of aliphatic imine (C=N–C) groups is 2. The van der Waals surface area contributed by atoms with Gasteiger partial charge in [0.05, 0.1) is 5.52 Å². The zero-order valence-corrected chi connectivity index (χ0v) is 33.4. The molecular formula is C55H43N5. The Morgan fingerprint density at radius 1 is 0.650 bits per heavy atom. The molecule has 5 nitrogen and oxygen atoms in total. The Labute approximate surface area is 349 Å². The number of aryl methyl sites for hydroxylation is 1. The van der Waals surface area contributed by atoms with Crippen LogP contribution in [0.4, 0.5) is 0 Å². The maximum Gasteiger partial charge on any atom is 0.211 e. The molecule has 2 aromatic heterocycles. The van der Waals surface area contributed by atoms with Gasteiger partial charge in [-0.05, 0) is 142 Å². The minimum absolute atomic E-state index is 0.288. The standard InChI is InChI=1S/C55H43N5/c1-3-13-36-27-41(23-21-34(36)11-1)53-56-54(42-24-22-35-12-2-4-14-37(35)28-42)58-55(57-53)60-50-20-10-8-18-46(50)48-31-43-29-44(26-25-40(43)33-52(48)60)59-49-19-9-7-17-45(49)47-30-38-15-5-6-16-39(38)32-51(47)59/h1-3,5-6,8-9,11-13,15-16,18-19,21-31,33,39,54H,4,7,10,14,17,20,32H2,(H,56,57,58). The Bertz CT molecular complexity index is 3270. The third-order valence-corrected chi connectivity index (χ3v) is 13.6. The third kappa shape index (κ3) is 5.31. The average Bonchev–Trinajstić information content (AvgIpc) is 3.81. The lowest BCUT2D eigenvalue weighted by molar-refractivity contribution is 0.655. The summed E-state index contributed by atoms with van der Waals surface area (Å²) >= 11 is 0. The zero-order chi connectivity index (χ0) is 39.3. The second kappa shape index (κ2) is 13.3. The van der Waals surface area contributed by atoms with Crippen molar-refractivity contribution in [3.05, 3.63) is 195 Å². The predicted octanol–water partition coefficient (Wildman–Crippen LogP) is 12.3. The van der Waals surface area contributed by atoms with E-state index in [-0.39, 0.29) is 6.17 Å². The zero-order valence-electron chi connectivity index (χ0n) is 33.4. The highest BCUT2D eigenvalue weighted by Crippen LogP contribution is 2.42. The van der Waals surface area contributed by atoms with Crippen molar-refractivity contribution < 1.29 is 0 Å². The van der Waals surface area contributed by atoms with Gasteiger partial charge in [0.1, 0.15) is 6.17 Å². The SMILES string of the molecule is C1=CC2=Cc3c4c(n(-c5ccc6cc7c(cc6c5)c5c(n7C6=NC(c7ccc8ccccc8c7)=NC(c7ccc8c(c7)CCC=C8)N6)CCC=C5)c3CC2C=C1)C=CCC4. The molecule has 7 aromatic rings. The Hall–Kier alpha value is -6.98. The van der Waals surface area contributed by atoms with Crippen LogP contribution in [0.5, 0.6) is 0 Å². The molecule has 0 saturated carbocycles. The number of aromatic nitrogens is 2. The molecule has 0 radical (unpaired) electrons. The largest absolute Gasteiger partial charge is 0.330 e. The van der Waals surface area contributed by atoms with Crippen LogP contribution in [0, 0.1) is 5.92 Å². The van der Waals surface area contributed by atoms with Crippen molar-refractivity contribution in [3.8, 4) is 5.69 Å². The van der Waals surface area contributed by atoms with E-state index in [9.17, 15) is 0 Å². The maximum absolute atomic E-state index is 5.42. The lowest BCUT2D eigenvalue weighted by atomic mass is 9.82. The van der Waals surface area contributed by atoms with E-state index in [2.05, 4.69) is 172 Å². The van der Waals surface area contributed by atoms with E-state index in [4.69, 9.17) is 9.98 Å². The number of nitrogens with zero attached hydrogens (tertiary/aromatic N) is 4. The van der Waals surface area contributed by atoms with Crippen molar-refractivity contribution in [1.82, 2.24) is 14.5 Å². The molecule has 0 bridgehead atoms. The average molecular weight is 774 g/mol. The molecule has 2 atom stereocenters. The van der Waals surface area contributed by atoms with Crippen LogP contribution in [-0.4, -0.2) is 20.9 Å². The summed E-state index contributed by atoms with van der Waals surface area (Å²) in [5.41, 5.74) is 17.0. The fourth-order valence-corrected chi connectivity index (χ4v) is 10.7. The van der Waals surface area contributed by atoms with Crippen molar-refractivity contribution in [2.75, 3.05) is 0 Å². The van der Waals surface area contributed by atoms with E-state index in [1.165, 1.54) is 88.6 Å². The van der Waals surface area contributed by atoms with Crippen molar-refractivity contribution in [2.24, 2.45) is 15.9 Å². The van der Waals surface area contributed by atoms with Crippen LogP contribution < -0.4 is 5.32 Å². The molecule has 288 valence electrons. The van der Waals surface area contributed by atoms with Crippen LogP contribution in [0.15, 0.2) is 149 Å². The molecule has 6 aliphatic rings. The quantitative estimate of drug-likeness (QED) is 0.191. The number of nitrogens with one attached hydrogen (secondary N) is 1. The van der Waals surface area contributed by atoms with Gasteiger partial charge < -0.3 is 9.88 Å². The summed E-state index contributed by atoms with van der Waals surface area (Å²) in [5.74, 6) is 2.00. The molecule has 2 unspecified atom stereocenters. The summed E-state index contributed by atoms with van der Waals surface area (Å²) in [6.45, 7) is 0. The third-order valence-electron chi connectivity index (χ3n) is 13.6. The molecule has 0 spiro atoms. The summed E-state index contributed by atoms with van der Waals surface area (Å²) in [6, 6.07) is 33.9. The molecule has 3 heterocycles. The second-order valence-electron chi connectivity index (χ2n) is 17.1. The Balaban J connectivity index is 0.970. The topological polar surface area (TPSA) is 46.6 Å². The first kappa shape index (κ1) is 33.9. The van der Waals surface area contributed by atoms with Gasteiger partial charge in [-0.1, -0.05) is 115 Å². The highest BCUT2D eigenvalue weighted by atomic mass is 15.3. The van der Waals surface area contributed by atoms with E-state index in [0.29, 0.717) is 5.92 Å². The van der Waals surface area contributed by atoms with Crippen LogP contribution in [0.2, 0.25) is 0 Å². The Morgan fingerprint density at radius 2 is 1.52 bits per heavy atom. The van der Waals surface area contributed by atoms with Gasteiger partial charge in [-0.15, -0.1) is 0 Å². The van der Waals surface area contributed by atoms with Gasteiger partial charge in [-0.25, -0.2) is 4.99 Å². The van der Waals surface area contributed by atoms with E-state index in [0.717, 1.165) is 67.9 Å². The van der Waals surface area contributed by atoms with Crippen molar-refractivity contribution in [3.63, 3.8) is 0 Å². The lowest BCUT2D eigenvalue weighted by Crippen LogP contribution is -2.38. The van der Waals surface area contributed by atoms with E-state index in [1.807, 2.05) is 0 Å². The van der Waals surface area contributed by atoms with Crippen LogP contribution >= 0.6 is 0 Å². The smallest absolute Gasteiger partial charge is 0.211 e. The molecular weight excluding hydrogens is 731 g/mol. The molecule has 0 amide bonds. The summed E-state index contributed by atoms with van der Waals surface area (Å²) in [4.78, 5) is 10.8. The highest BCUT2D eigenvalue weighted by Gasteiger charge is 2.30. The minimum atomic E-state index is -0.288.